The number of anilines is 1. The van der Waals surface area contributed by atoms with E-state index < -0.39 is 26.7 Å². The Morgan fingerprint density at radius 2 is 1.79 bits per heavy atom. The number of para-hydroxylation sites is 1. The van der Waals surface area contributed by atoms with Crippen LogP contribution in [0.5, 0.6) is 11.5 Å². The molecule has 0 aliphatic heterocycles. The van der Waals surface area contributed by atoms with Gasteiger partial charge in [0.1, 0.15) is 10.6 Å². The van der Waals surface area contributed by atoms with Crippen LogP contribution in [0.3, 0.4) is 0 Å². The normalized spacial score (nSPS) is 11.4. The summed E-state index contributed by atoms with van der Waals surface area (Å²) in [6.45, 7) is 3.62. The van der Waals surface area contributed by atoms with Gasteiger partial charge in [-0.3, -0.25) is 9.35 Å². The number of halogens is 2. The summed E-state index contributed by atoms with van der Waals surface area (Å²) < 4.78 is 39.2. The molecule has 0 heterocycles. The number of fused-ring (bicyclic) bond motifs is 1. The summed E-state index contributed by atoms with van der Waals surface area (Å²) >= 11 is 12.3. The van der Waals surface area contributed by atoms with Gasteiger partial charge in [0.2, 0.25) is 0 Å². The molecule has 1 amide bonds. The fraction of sp³-hybridized carbons (Fsp3) is 0.115. The number of carbonyl (C=O) groups is 1. The molecule has 196 valence electrons. The standard InChI is InChI=1S/C26H21Cl2N3O6S.Na/c1-3-37-24-18(27)9-6-10-19(24)29-26(33)17-13-15-7-4-5-8-16(15)22(23(17)32)31-30-20-12-11-14(2)21(28)25(20)38(34,35)36;/h4-13,32H,3H2,1-2H3,(H,29,33)(H,34,35,36);/q;+1/p-1. The van der Waals surface area contributed by atoms with Gasteiger partial charge in [0.15, 0.2) is 5.75 Å². The van der Waals surface area contributed by atoms with Crippen molar-refractivity contribution < 1.29 is 57.2 Å². The molecular formula is C26H20Cl2N3NaO6S. The van der Waals surface area contributed by atoms with Crippen LogP contribution in [0.4, 0.5) is 17.1 Å². The number of hydrogen-bond donors (Lipinski definition) is 2. The number of amides is 1. The van der Waals surface area contributed by atoms with Crippen molar-refractivity contribution in [1.29, 1.82) is 0 Å². The Bertz CT molecular complexity index is 1710. The Balaban J connectivity index is 0.00000420. The average Bonchev–Trinajstić information content (AvgIpc) is 2.86. The van der Waals surface area contributed by atoms with Crippen LogP contribution in [0.15, 0.2) is 75.8 Å². The zero-order valence-corrected chi connectivity index (χ0v) is 25.4. The number of ether oxygens (including phenoxy) is 1. The number of nitrogens with zero attached hydrogens (tertiary/aromatic N) is 2. The zero-order valence-electron chi connectivity index (χ0n) is 21.0. The molecule has 4 aromatic rings. The Morgan fingerprint density at radius 1 is 1.08 bits per heavy atom. The van der Waals surface area contributed by atoms with Crippen molar-refractivity contribution in [1.82, 2.24) is 0 Å². The smallest absolute Gasteiger partial charge is 0.870 e. The number of rotatable bonds is 7. The van der Waals surface area contributed by atoms with Crippen LogP contribution in [0.25, 0.3) is 10.8 Å². The fourth-order valence-electron chi connectivity index (χ4n) is 3.74. The van der Waals surface area contributed by atoms with Crippen LogP contribution in [-0.4, -0.2) is 25.5 Å². The van der Waals surface area contributed by atoms with Gasteiger partial charge >= 0.3 is 29.6 Å². The van der Waals surface area contributed by atoms with Crippen molar-refractivity contribution in [2.45, 2.75) is 18.7 Å². The van der Waals surface area contributed by atoms with E-state index in [0.717, 1.165) is 0 Å². The minimum Gasteiger partial charge on any atom is -0.870 e. The summed E-state index contributed by atoms with van der Waals surface area (Å²) in [5.74, 6) is -1.24. The molecule has 0 atom stereocenters. The molecule has 0 aliphatic carbocycles. The second-order valence-electron chi connectivity index (χ2n) is 8.05. The number of aryl methyl sites for hydroxylation is 1. The van der Waals surface area contributed by atoms with Gasteiger partial charge in [-0.15, -0.1) is 5.11 Å². The van der Waals surface area contributed by atoms with E-state index in [1.807, 2.05) is 0 Å². The summed E-state index contributed by atoms with van der Waals surface area (Å²) in [5.41, 5.74) is -0.0624. The molecule has 13 heteroatoms. The molecule has 0 saturated carbocycles. The van der Waals surface area contributed by atoms with Gasteiger partial charge in [0, 0.05) is 10.9 Å². The monoisotopic (exact) mass is 595 g/mol. The van der Waals surface area contributed by atoms with E-state index in [2.05, 4.69) is 15.5 Å². The first-order valence-corrected chi connectivity index (χ1v) is 13.4. The topological polar surface area (TPSA) is 140 Å². The predicted octanol–water partition coefficient (Wildman–Crippen LogP) is 3.85. The zero-order chi connectivity index (χ0) is 27.6. The first-order valence-electron chi connectivity index (χ1n) is 11.2. The molecule has 0 fully saturated rings. The third-order valence-corrected chi connectivity index (χ3v) is 7.33. The molecule has 4 rings (SSSR count). The summed E-state index contributed by atoms with van der Waals surface area (Å²) in [5, 5.41) is 25.0. The molecule has 0 unspecified atom stereocenters. The molecule has 0 bridgehead atoms. The van der Waals surface area contributed by atoms with Crippen molar-refractivity contribution in [2.24, 2.45) is 10.2 Å². The Morgan fingerprint density at radius 3 is 2.49 bits per heavy atom. The van der Waals surface area contributed by atoms with Gasteiger partial charge < -0.3 is 15.2 Å². The van der Waals surface area contributed by atoms with E-state index in [1.54, 1.807) is 56.3 Å². The summed E-state index contributed by atoms with van der Waals surface area (Å²) in [7, 11) is -4.76. The number of hydrogen-bond acceptors (Lipinski definition) is 7. The van der Waals surface area contributed by atoms with E-state index >= 15 is 0 Å². The third kappa shape index (κ3) is 6.55. The van der Waals surface area contributed by atoms with E-state index in [4.69, 9.17) is 27.9 Å². The number of nitrogens with one attached hydrogen (secondary N) is 1. The molecule has 39 heavy (non-hydrogen) atoms. The maximum atomic E-state index is 13.5. The van der Waals surface area contributed by atoms with E-state index in [0.29, 0.717) is 22.9 Å². The largest absolute Gasteiger partial charge is 1.00 e. The van der Waals surface area contributed by atoms with Gasteiger partial charge in [-0.1, -0.05) is 65.3 Å². The molecule has 2 N–H and O–H groups in total. The van der Waals surface area contributed by atoms with Crippen LogP contribution in [-0.2, 0) is 10.1 Å². The van der Waals surface area contributed by atoms with Crippen molar-refractivity contribution >= 4 is 67.1 Å². The molecule has 0 radical (unpaired) electrons. The maximum absolute atomic E-state index is 13.5. The van der Waals surface area contributed by atoms with Gasteiger partial charge in [-0.05, 0) is 49.1 Å². The number of azo groups is 1. The Labute approximate surface area is 256 Å². The first kappa shape index (κ1) is 30.8. The summed E-state index contributed by atoms with van der Waals surface area (Å²) in [4.78, 5) is 12.6. The third-order valence-electron chi connectivity index (χ3n) is 5.51. The van der Waals surface area contributed by atoms with Gasteiger partial charge in [-0.25, -0.2) is 0 Å². The van der Waals surface area contributed by atoms with Gasteiger partial charge in [-0.2, -0.15) is 13.5 Å². The number of benzene rings is 4. The van der Waals surface area contributed by atoms with Crippen LogP contribution in [0.1, 0.15) is 22.8 Å². The summed E-state index contributed by atoms with van der Waals surface area (Å²) in [6.07, 6.45) is 0. The van der Waals surface area contributed by atoms with Crippen LogP contribution in [0.2, 0.25) is 10.0 Å². The van der Waals surface area contributed by atoms with E-state index in [1.165, 1.54) is 18.2 Å². The molecule has 0 spiro atoms. The summed E-state index contributed by atoms with van der Waals surface area (Å²) in [6, 6.07) is 15.7. The molecular weight excluding hydrogens is 576 g/mol. The van der Waals surface area contributed by atoms with Crippen molar-refractivity contribution in [3.63, 3.8) is 0 Å². The molecule has 9 nitrogen and oxygen atoms in total. The minimum absolute atomic E-state index is 0. The minimum atomic E-state index is -4.76. The Hall–Kier alpha value is -2.70. The fourth-order valence-corrected chi connectivity index (χ4v) is 5.18. The second-order valence-corrected chi connectivity index (χ2v) is 10.2. The van der Waals surface area contributed by atoms with Crippen molar-refractivity contribution in [2.75, 3.05) is 11.9 Å². The van der Waals surface area contributed by atoms with Crippen LogP contribution in [0, 0.1) is 6.92 Å². The van der Waals surface area contributed by atoms with Crippen molar-refractivity contribution in [3.05, 3.63) is 81.8 Å². The van der Waals surface area contributed by atoms with E-state index in [9.17, 15) is 22.9 Å². The van der Waals surface area contributed by atoms with Gasteiger partial charge in [0.05, 0.1) is 28.0 Å². The molecule has 4 aromatic carbocycles. The second kappa shape index (κ2) is 12.6. The Kier molecular flexibility index (Phi) is 10.0. The van der Waals surface area contributed by atoms with Crippen LogP contribution < -0.4 is 44.7 Å². The van der Waals surface area contributed by atoms with Gasteiger partial charge in [0.25, 0.3) is 16.0 Å². The molecule has 0 aromatic heterocycles. The van der Waals surface area contributed by atoms with Crippen molar-refractivity contribution in [3.8, 4) is 11.5 Å². The first-order chi connectivity index (χ1) is 18.0. The SMILES string of the molecule is CCOc1c(Cl)cccc1NC(=O)c1cc2ccccc2c(N=Nc2ccc(C)c(Cl)c2S(=O)(=O)O)c1[O-].[Na+]. The van der Waals surface area contributed by atoms with E-state index in [-0.39, 0.29) is 68.0 Å². The molecule has 0 aliphatic rings. The average molecular weight is 596 g/mol. The number of carbonyl (C=O) groups excluding carboxylic acids is 1. The van der Waals surface area contributed by atoms with Crippen LogP contribution >= 0.6 is 23.2 Å². The quantitative estimate of drug-likeness (QED) is 0.189. The predicted molar refractivity (Wildman–Crippen MR) is 144 cm³/mol. The maximum Gasteiger partial charge on any atom is 1.00 e. The molecule has 0 saturated heterocycles.